The molecule has 128 valence electrons. The number of urea groups is 1. The molecule has 1 heterocycles. The summed E-state index contributed by atoms with van der Waals surface area (Å²) in [6.45, 7) is 1.88. The van der Waals surface area contributed by atoms with Crippen molar-refractivity contribution in [2.24, 2.45) is 4.36 Å². The summed E-state index contributed by atoms with van der Waals surface area (Å²) in [4.78, 5) is 15.4. The van der Waals surface area contributed by atoms with Crippen LogP contribution in [-0.4, -0.2) is 21.5 Å². The predicted octanol–water partition coefficient (Wildman–Crippen LogP) is 4.10. The second-order valence-electron chi connectivity index (χ2n) is 5.07. The van der Waals surface area contributed by atoms with Crippen LogP contribution >= 0.6 is 0 Å². The third-order valence-corrected chi connectivity index (χ3v) is 4.54. The van der Waals surface area contributed by atoms with E-state index in [0.29, 0.717) is 11.9 Å². The topological polar surface area (TPSA) is 71.4 Å². The lowest BCUT2D eigenvalue weighted by Gasteiger charge is -2.08. The number of halogens is 3. The van der Waals surface area contributed by atoms with Gasteiger partial charge in [-0.3, -0.25) is 0 Å². The predicted molar refractivity (Wildman–Crippen MR) is 84.2 cm³/mol. The number of nitrogens with zero attached hydrogens (tertiary/aromatic N) is 2. The number of benzene rings is 1. The molecule has 0 aliphatic rings. The van der Waals surface area contributed by atoms with E-state index in [2.05, 4.69) is 14.7 Å². The first-order valence-electron chi connectivity index (χ1n) is 6.71. The molecule has 1 atom stereocenters. The number of rotatable bonds is 2. The van der Waals surface area contributed by atoms with Gasteiger partial charge in [0.2, 0.25) is 0 Å². The van der Waals surface area contributed by atoms with Crippen LogP contribution in [0.4, 0.5) is 23.7 Å². The zero-order valence-corrected chi connectivity index (χ0v) is 13.6. The van der Waals surface area contributed by atoms with Crippen molar-refractivity contribution < 1.29 is 22.2 Å². The highest BCUT2D eigenvalue weighted by molar-refractivity contribution is 7.93. The summed E-state index contributed by atoms with van der Waals surface area (Å²) in [5.74, 6) is 0. The van der Waals surface area contributed by atoms with Gasteiger partial charge in [0.05, 0.1) is 15.3 Å². The second-order valence-corrected chi connectivity index (χ2v) is 7.28. The lowest BCUT2D eigenvalue weighted by atomic mass is 10.2. The summed E-state index contributed by atoms with van der Waals surface area (Å²) < 4.78 is 53.4. The van der Waals surface area contributed by atoms with E-state index in [4.69, 9.17) is 0 Å². The van der Waals surface area contributed by atoms with Crippen LogP contribution in [0.1, 0.15) is 11.1 Å². The molecule has 0 saturated heterocycles. The third kappa shape index (κ3) is 4.54. The molecule has 0 spiro atoms. The van der Waals surface area contributed by atoms with E-state index in [1.165, 1.54) is 0 Å². The minimum absolute atomic E-state index is 0.199. The molecule has 0 radical (unpaired) electrons. The molecule has 5 nitrogen and oxygen atoms in total. The normalized spacial score (nSPS) is 13.9. The molecular formula is C15H14F3N3O2S. The largest absolute Gasteiger partial charge is 0.417 e. The molecular weight excluding hydrogens is 343 g/mol. The Labute approximate surface area is 137 Å². The van der Waals surface area contributed by atoms with Crippen molar-refractivity contribution in [2.45, 2.75) is 18.1 Å². The van der Waals surface area contributed by atoms with Gasteiger partial charge in [0.15, 0.2) is 0 Å². The molecule has 1 aromatic heterocycles. The van der Waals surface area contributed by atoms with E-state index >= 15 is 0 Å². The van der Waals surface area contributed by atoms with E-state index in [-0.39, 0.29) is 5.03 Å². The Hall–Kier alpha value is -2.42. The first-order valence-corrected chi connectivity index (χ1v) is 8.63. The molecule has 1 N–H and O–H groups in total. The lowest BCUT2D eigenvalue weighted by molar-refractivity contribution is -0.137. The average molecular weight is 357 g/mol. The maximum absolute atomic E-state index is 12.5. The zero-order chi connectivity index (χ0) is 18.0. The summed E-state index contributed by atoms with van der Waals surface area (Å²) in [5.41, 5.74) is 0.494. The van der Waals surface area contributed by atoms with Crippen molar-refractivity contribution in [1.82, 2.24) is 4.98 Å². The first-order chi connectivity index (χ1) is 11.1. The number of hydrogen-bond donors (Lipinski definition) is 1. The highest BCUT2D eigenvalue weighted by Gasteiger charge is 2.31. The van der Waals surface area contributed by atoms with Crippen molar-refractivity contribution >= 4 is 21.4 Å². The van der Waals surface area contributed by atoms with Crippen molar-refractivity contribution in [2.75, 3.05) is 11.6 Å². The highest BCUT2D eigenvalue weighted by Crippen LogP contribution is 2.28. The van der Waals surface area contributed by atoms with Gasteiger partial charge in [-0.2, -0.15) is 13.2 Å². The van der Waals surface area contributed by atoms with Crippen molar-refractivity contribution in [3.05, 3.63) is 53.7 Å². The number of carbonyl (C=O) groups is 1. The number of alkyl halides is 3. The fourth-order valence-corrected chi connectivity index (χ4v) is 2.78. The highest BCUT2D eigenvalue weighted by atomic mass is 32.2. The van der Waals surface area contributed by atoms with Gasteiger partial charge >= 0.3 is 12.2 Å². The van der Waals surface area contributed by atoms with Crippen molar-refractivity contribution in [1.29, 1.82) is 0 Å². The fraction of sp³-hybridized carbons (Fsp3) is 0.200. The standard InChI is InChI=1S/C15H14F3N3O2S/c1-10-3-6-12(7-4-10)20-14(22)21-24(2,23)13-8-5-11(9-19-13)15(16,17)18/h3-9H,1-2H3,(H,20,22). The smallest absolute Gasteiger partial charge is 0.306 e. The molecule has 0 saturated carbocycles. The van der Waals surface area contributed by atoms with Gasteiger partial charge in [-0.15, -0.1) is 4.36 Å². The monoisotopic (exact) mass is 357 g/mol. The number of amides is 2. The molecule has 0 aliphatic heterocycles. The van der Waals surface area contributed by atoms with Gasteiger partial charge in [0.1, 0.15) is 5.03 Å². The Kier molecular flexibility index (Phi) is 4.93. The Morgan fingerprint density at radius 2 is 1.79 bits per heavy atom. The molecule has 1 aromatic carbocycles. The van der Waals surface area contributed by atoms with Crippen molar-refractivity contribution in [3.8, 4) is 0 Å². The van der Waals surface area contributed by atoms with E-state index in [0.717, 1.165) is 24.0 Å². The molecule has 9 heteroatoms. The van der Waals surface area contributed by atoms with E-state index in [1.54, 1.807) is 24.3 Å². The fourth-order valence-electron chi connectivity index (χ4n) is 1.76. The second kappa shape index (κ2) is 6.60. The van der Waals surface area contributed by atoms with Crippen LogP contribution in [-0.2, 0) is 15.9 Å². The lowest BCUT2D eigenvalue weighted by Crippen LogP contribution is -2.12. The van der Waals surface area contributed by atoms with Crippen molar-refractivity contribution in [3.63, 3.8) is 0 Å². The first kappa shape index (κ1) is 17.9. The van der Waals surface area contributed by atoms with Gasteiger partial charge in [-0.05, 0) is 31.2 Å². The molecule has 1 unspecified atom stereocenters. The third-order valence-electron chi connectivity index (χ3n) is 3.01. The van der Waals surface area contributed by atoms with Crippen LogP contribution in [0, 0.1) is 6.92 Å². The van der Waals surface area contributed by atoms with Crippen LogP contribution < -0.4 is 5.32 Å². The maximum atomic E-state index is 12.5. The Bertz CT molecular complexity index is 853. The number of nitrogens with one attached hydrogen (secondary N) is 1. The minimum atomic E-state index is -4.54. The summed E-state index contributed by atoms with van der Waals surface area (Å²) in [6, 6.07) is 7.68. The molecule has 0 fully saturated rings. The summed E-state index contributed by atoms with van der Waals surface area (Å²) in [5, 5.41) is 2.24. The zero-order valence-electron chi connectivity index (χ0n) is 12.8. The van der Waals surface area contributed by atoms with Crippen LogP contribution in [0.25, 0.3) is 0 Å². The van der Waals surface area contributed by atoms with Gasteiger partial charge < -0.3 is 5.32 Å². The van der Waals surface area contributed by atoms with Gasteiger partial charge in [-0.25, -0.2) is 14.0 Å². The number of pyridine rings is 1. The van der Waals surface area contributed by atoms with Crippen LogP contribution in [0.5, 0.6) is 0 Å². The Morgan fingerprint density at radius 1 is 1.17 bits per heavy atom. The summed E-state index contributed by atoms with van der Waals surface area (Å²) in [6.07, 6.45) is -2.84. The molecule has 2 aromatic rings. The maximum Gasteiger partial charge on any atom is 0.417 e. The molecule has 0 bridgehead atoms. The molecule has 0 aliphatic carbocycles. The Balaban J connectivity index is 2.22. The minimum Gasteiger partial charge on any atom is -0.306 e. The van der Waals surface area contributed by atoms with E-state index in [9.17, 15) is 22.2 Å². The summed E-state index contributed by atoms with van der Waals surface area (Å²) in [7, 11) is -3.27. The SMILES string of the molecule is Cc1ccc(NC(=O)N=S(C)(=O)c2ccc(C(F)(F)F)cn2)cc1. The van der Waals surface area contributed by atoms with Gasteiger partial charge in [0, 0.05) is 18.1 Å². The van der Waals surface area contributed by atoms with Crippen LogP contribution in [0.3, 0.4) is 0 Å². The Morgan fingerprint density at radius 3 is 2.29 bits per heavy atom. The average Bonchev–Trinajstić information content (AvgIpc) is 2.48. The van der Waals surface area contributed by atoms with E-state index in [1.807, 2.05) is 6.92 Å². The molecule has 2 rings (SSSR count). The number of carbonyl (C=O) groups excluding carboxylic acids is 1. The van der Waals surface area contributed by atoms with Gasteiger partial charge in [0.25, 0.3) is 0 Å². The van der Waals surface area contributed by atoms with Crippen LogP contribution in [0.2, 0.25) is 0 Å². The number of aromatic nitrogens is 1. The summed E-state index contributed by atoms with van der Waals surface area (Å²) >= 11 is 0. The number of aryl methyl sites for hydroxylation is 1. The molecule has 24 heavy (non-hydrogen) atoms. The van der Waals surface area contributed by atoms with Crippen LogP contribution in [0.15, 0.2) is 52.0 Å². The molecule has 2 amide bonds. The van der Waals surface area contributed by atoms with E-state index < -0.39 is 27.5 Å². The number of hydrogen-bond acceptors (Lipinski definition) is 3. The quantitative estimate of drug-likeness (QED) is 0.880. The number of anilines is 1. The van der Waals surface area contributed by atoms with Gasteiger partial charge in [-0.1, -0.05) is 17.7 Å².